The molecule has 1 aliphatic carbocycles. The van der Waals surface area contributed by atoms with E-state index < -0.39 is 14.0 Å². The summed E-state index contributed by atoms with van der Waals surface area (Å²) >= 11 is 0. The van der Waals surface area contributed by atoms with Crippen molar-refractivity contribution >= 4 is 30.8 Å². The summed E-state index contributed by atoms with van der Waals surface area (Å²) in [6, 6.07) is 20.6. The number of hydrogen-bond donors (Lipinski definition) is 0. The van der Waals surface area contributed by atoms with Gasteiger partial charge in [0.1, 0.15) is 18.3 Å². The fourth-order valence-electron chi connectivity index (χ4n) is 4.40. The first-order valence-corrected chi connectivity index (χ1v) is 13.8. The number of carbonyl (C=O) groups is 2. The molecule has 2 atom stereocenters. The van der Waals surface area contributed by atoms with Gasteiger partial charge in [-0.1, -0.05) is 109 Å². The summed E-state index contributed by atoms with van der Waals surface area (Å²) < 4.78 is 6.30. The molecule has 4 heteroatoms. The van der Waals surface area contributed by atoms with Crippen molar-refractivity contribution in [2.45, 2.75) is 54.1 Å². The topological polar surface area (TPSA) is 43.4 Å². The summed E-state index contributed by atoms with van der Waals surface area (Å²) in [4.78, 5) is 25.5. The third-order valence-corrected chi connectivity index (χ3v) is 9.15. The number of benzene rings is 2. The van der Waals surface area contributed by atoms with Gasteiger partial charge in [-0.05, 0) is 54.2 Å². The Morgan fingerprint density at radius 3 is 1.89 bits per heavy atom. The maximum atomic E-state index is 13.8. The lowest BCUT2D eigenvalue weighted by Crippen LogP contribution is -2.41. The number of esters is 1. The maximum Gasteiger partial charge on any atom is 0.315 e. The first-order valence-electron chi connectivity index (χ1n) is 12.4. The van der Waals surface area contributed by atoms with Gasteiger partial charge < -0.3 is 9.53 Å². The van der Waals surface area contributed by atoms with Gasteiger partial charge in [-0.25, -0.2) is 0 Å². The van der Waals surface area contributed by atoms with Gasteiger partial charge in [0.15, 0.2) is 0 Å². The minimum absolute atomic E-state index is 0.186. The molecule has 0 aliphatic heterocycles. The van der Waals surface area contributed by atoms with Crippen molar-refractivity contribution in [3.05, 3.63) is 104 Å². The second kappa shape index (κ2) is 11.9. The van der Waals surface area contributed by atoms with Crippen molar-refractivity contribution in [1.82, 2.24) is 0 Å². The summed E-state index contributed by atoms with van der Waals surface area (Å²) in [7, 11) is -0.949. The number of aldehydes is 1. The van der Waals surface area contributed by atoms with Gasteiger partial charge >= 0.3 is 5.97 Å². The molecule has 1 saturated carbocycles. The molecule has 0 aromatic heterocycles. The zero-order chi connectivity index (χ0) is 26.5. The van der Waals surface area contributed by atoms with Crippen molar-refractivity contribution < 1.29 is 14.3 Å². The molecule has 0 bridgehead atoms. The molecular weight excluding hydrogens is 463 g/mol. The molecule has 0 amide bonds. The molecule has 189 valence electrons. The van der Waals surface area contributed by atoms with Gasteiger partial charge in [-0.3, -0.25) is 4.79 Å². The minimum Gasteiger partial charge on any atom is -0.457 e. The summed E-state index contributed by atoms with van der Waals surface area (Å²) in [5, 5.41) is 2.34. The summed E-state index contributed by atoms with van der Waals surface area (Å²) in [6.45, 7) is 16.8. The highest BCUT2D eigenvalue weighted by Crippen LogP contribution is 2.56. The molecule has 0 spiro atoms. The van der Waals surface area contributed by atoms with E-state index in [0.29, 0.717) is 12.3 Å². The van der Waals surface area contributed by atoms with Gasteiger partial charge in [0, 0.05) is 18.0 Å². The average molecular weight is 502 g/mol. The normalized spacial score (nSPS) is 17.1. The van der Waals surface area contributed by atoms with E-state index in [1.165, 1.54) is 10.6 Å². The Morgan fingerprint density at radius 1 is 0.917 bits per heavy atom. The van der Waals surface area contributed by atoms with Crippen LogP contribution in [0.15, 0.2) is 72.8 Å². The fraction of sp³-hybridized carbons (Fsp3) is 0.344. The lowest BCUT2D eigenvalue weighted by molar-refractivity contribution is -0.149. The molecule has 0 unspecified atom stereocenters. The van der Waals surface area contributed by atoms with Gasteiger partial charge in [0.05, 0.1) is 0 Å². The highest BCUT2D eigenvalue weighted by molar-refractivity contribution is 7.76. The van der Waals surface area contributed by atoms with E-state index in [-0.39, 0.29) is 22.7 Å². The smallest absolute Gasteiger partial charge is 0.315 e. The Bertz CT molecular complexity index is 977. The van der Waals surface area contributed by atoms with E-state index >= 15 is 0 Å². The quantitative estimate of drug-likeness (QED) is 0.168. The second-order valence-corrected chi connectivity index (χ2v) is 13.5. The van der Waals surface area contributed by atoms with Crippen LogP contribution >= 0.6 is 7.92 Å². The average Bonchev–Trinajstić information content (AvgIpc) is 3.30. The van der Waals surface area contributed by atoms with Crippen LogP contribution in [0.1, 0.15) is 48.0 Å². The molecule has 1 aliphatic rings. The van der Waals surface area contributed by atoms with E-state index in [9.17, 15) is 9.59 Å². The Balaban J connectivity index is 1.96. The Hall–Kier alpha value is -2.25. The van der Waals surface area contributed by atoms with E-state index in [2.05, 4.69) is 72.4 Å². The summed E-state index contributed by atoms with van der Waals surface area (Å²) in [5.41, 5.74) is 1.25. The molecule has 1 fully saturated rings. The molecule has 3 nitrogen and oxygen atoms in total. The monoisotopic (exact) mass is 501 g/mol. The van der Waals surface area contributed by atoms with E-state index in [4.69, 9.17) is 4.74 Å². The molecule has 2 aromatic rings. The molecule has 36 heavy (non-hydrogen) atoms. The van der Waals surface area contributed by atoms with Crippen LogP contribution in [0, 0.1) is 47.6 Å². The molecule has 0 saturated heterocycles. The van der Waals surface area contributed by atoms with Gasteiger partial charge in [0.2, 0.25) is 0 Å². The zero-order valence-corrected chi connectivity index (χ0v) is 23.2. The zero-order valence-electron chi connectivity index (χ0n) is 22.3. The lowest BCUT2D eigenvalue weighted by atomic mass is 9.70. The molecule has 0 N–H and O–H groups in total. The highest BCUT2D eigenvalue weighted by atomic mass is 31.1. The first-order chi connectivity index (χ1) is 16.9. The van der Waals surface area contributed by atoms with E-state index in [1.54, 1.807) is 0 Å². The molecular formula is C32H38O3P. The number of ether oxygens (including phenoxy) is 1. The third-order valence-electron chi connectivity index (χ3n) is 6.65. The lowest BCUT2D eigenvalue weighted by Gasteiger charge is -2.40. The fourth-order valence-corrected chi connectivity index (χ4v) is 6.83. The Kier molecular flexibility index (Phi) is 9.33. The maximum absolute atomic E-state index is 13.8. The van der Waals surface area contributed by atoms with Crippen LogP contribution in [-0.2, 0) is 14.3 Å². The van der Waals surface area contributed by atoms with Crippen LogP contribution in [0.3, 0.4) is 0 Å². The standard InChI is InChI=1S/C32H38O3P/c1-23(31(2,3)4)29(27(21-22-33)32(5,6)7)35-30(34)26-19-14-20-28(26)36(24-15-10-8-11-16-24)25-17-12-9-13-18-25/h8-20,22,27,29H,1,21H2,2-7H3/t27-,29+/m1/s1. The van der Waals surface area contributed by atoms with Crippen molar-refractivity contribution in [2.75, 3.05) is 0 Å². The molecule has 2 aromatic carbocycles. The molecule has 3 rings (SSSR count). The molecule has 0 heterocycles. The minimum atomic E-state index is -0.949. The van der Waals surface area contributed by atoms with Crippen molar-refractivity contribution in [3.63, 3.8) is 0 Å². The van der Waals surface area contributed by atoms with Crippen molar-refractivity contribution in [1.29, 1.82) is 0 Å². The van der Waals surface area contributed by atoms with Crippen LogP contribution < -0.4 is 10.6 Å². The number of hydrogen-bond acceptors (Lipinski definition) is 3. The molecule has 5 radical (unpaired) electrons. The van der Waals surface area contributed by atoms with Gasteiger partial charge in [-0.15, -0.1) is 0 Å². The van der Waals surface area contributed by atoms with Crippen LogP contribution in [-0.4, -0.2) is 18.4 Å². The van der Waals surface area contributed by atoms with Crippen LogP contribution in [0.2, 0.25) is 0 Å². The van der Waals surface area contributed by atoms with Gasteiger partial charge in [0.25, 0.3) is 0 Å². The summed E-state index contributed by atoms with van der Waals surface area (Å²) in [5.74, 6) is 0.0121. The van der Waals surface area contributed by atoms with E-state index in [1.807, 2.05) is 55.7 Å². The predicted octanol–water partition coefficient (Wildman–Crippen LogP) is 6.62. The second-order valence-electron chi connectivity index (χ2n) is 11.3. The van der Waals surface area contributed by atoms with Gasteiger partial charge in [-0.2, -0.15) is 0 Å². The number of rotatable bonds is 9. The van der Waals surface area contributed by atoms with Crippen LogP contribution in [0.25, 0.3) is 0 Å². The first kappa shape index (κ1) is 28.3. The van der Waals surface area contributed by atoms with Crippen molar-refractivity contribution in [3.8, 4) is 0 Å². The van der Waals surface area contributed by atoms with Crippen molar-refractivity contribution in [2.24, 2.45) is 16.7 Å². The van der Waals surface area contributed by atoms with E-state index in [0.717, 1.165) is 17.5 Å². The SMILES string of the molecule is C=C([C@H](OC(=O)[C]1[CH][CH][CH][C]1P(c1ccccc1)c1ccccc1)[C@@H](CC=O)C(C)(C)C)C(C)(C)C. The third kappa shape index (κ3) is 6.74. The van der Waals surface area contributed by atoms with Crippen LogP contribution in [0.4, 0.5) is 0 Å². The van der Waals surface area contributed by atoms with Crippen LogP contribution in [0.5, 0.6) is 0 Å². The summed E-state index contributed by atoms with van der Waals surface area (Å²) in [6.07, 6.45) is 6.44. The Labute approximate surface area is 219 Å². The Morgan fingerprint density at radius 2 is 1.44 bits per heavy atom. The number of carbonyl (C=O) groups excluding carboxylic acids is 2. The predicted molar refractivity (Wildman–Crippen MR) is 151 cm³/mol. The highest BCUT2D eigenvalue weighted by Gasteiger charge is 2.45. The largest absolute Gasteiger partial charge is 0.457 e.